The van der Waals surface area contributed by atoms with E-state index in [1.807, 2.05) is 0 Å². The van der Waals surface area contributed by atoms with Crippen LogP contribution in [0, 0.1) is 17.5 Å². The molecule has 0 bridgehead atoms. The van der Waals surface area contributed by atoms with Crippen LogP contribution in [0.5, 0.6) is 0 Å². The van der Waals surface area contributed by atoms with Crippen molar-refractivity contribution in [3.05, 3.63) is 35.1 Å². The third kappa shape index (κ3) is 1.39. The molecule has 1 aromatic carbocycles. The highest BCUT2D eigenvalue weighted by Crippen LogP contribution is 2.14. The topological polar surface area (TPSA) is 37.0 Å². The molecule has 0 atom stereocenters. The Balaban J connectivity index is 3.38. The lowest BCUT2D eigenvalue weighted by Crippen LogP contribution is -2.03. The molecule has 0 aromatic heterocycles. The zero-order valence-electron chi connectivity index (χ0n) is 5.61. The molecule has 0 aliphatic rings. The molecule has 2 nitrogen and oxygen atoms in total. The molecule has 0 amide bonds. The van der Waals surface area contributed by atoms with Gasteiger partial charge in [0, 0.05) is 12.1 Å². The Morgan fingerprint density at radius 1 is 1.08 bits per heavy atom. The molecule has 1 aromatic rings. The summed E-state index contributed by atoms with van der Waals surface area (Å²) in [6.45, 7) is 0. The number of carbonyl (C=O) groups excluding carboxylic acids is 1. The lowest BCUT2D eigenvalue weighted by atomic mass is 10.2. The van der Waals surface area contributed by atoms with Crippen molar-refractivity contribution in [3.8, 4) is 0 Å². The molecular weight excluding hydrogens is 173 g/mol. The van der Waals surface area contributed by atoms with E-state index in [2.05, 4.69) is 0 Å². The SMILES string of the molecule is [O]C(=O)c1c(F)cc(F)cc1F. The van der Waals surface area contributed by atoms with Crippen molar-refractivity contribution < 1.29 is 23.1 Å². The predicted octanol–water partition coefficient (Wildman–Crippen LogP) is 1.67. The molecule has 0 aliphatic carbocycles. The van der Waals surface area contributed by atoms with Crippen LogP contribution in [0.3, 0.4) is 0 Å². The van der Waals surface area contributed by atoms with E-state index in [-0.39, 0.29) is 12.1 Å². The Hall–Kier alpha value is -1.52. The second kappa shape index (κ2) is 2.84. The summed E-state index contributed by atoms with van der Waals surface area (Å²) >= 11 is 0. The lowest BCUT2D eigenvalue weighted by molar-refractivity contribution is 0.0562. The van der Waals surface area contributed by atoms with Gasteiger partial charge in [0.15, 0.2) is 0 Å². The number of halogens is 3. The largest absolute Gasteiger partial charge is 0.392 e. The van der Waals surface area contributed by atoms with Crippen molar-refractivity contribution in [3.63, 3.8) is 0 Å². The van der Waals surface area contributed by atoms with Crippen molar-refractivity contribution >= 4 is 5.97 Å². The summed E-state index contributed by atoms with van der Waals surface area (Å²) < 4.78 is 37.1. The first-order chi connectivity index (χ1) is 5.52. The van der Waals surface area contributed by atoms with Crippen LogP contribution in [0.25, 0.3) is 0 Å². The van der Waals surface area contributed by atoms with Crippen molar-refractivity contribution in [2.45, 2.75) is 0 Å². The number of carbonyl (C=O) groups is 1. The summed E-state index contributed by atoms with van der Waals surface area (Å²) in [6.07, 6.45) is 0. The van der Waals surface area contributed by atoms with Gasteiger partial charge in [-0.25, -0.2) is 23.1 Å². The molecule has 0 N–H and O–H groups in total. The minimum absolute atomic E-state index is 0.272. The minimum atomic E-state index is -2.01. The highest BCUT2D eigenvalue weighted by molar-refractivity contribution is 5.87. The quantitative estimate of drug-likeness (QED) is 0.639. The maximum atomic E-state index is 12.5. The first-order valence-electron chi connectivity index (χ1n) is 2.88. The van der Waals surface area contributed by atoms with Crippen LogP contribution in [0.15, 0.2) is 12.1 Å². The van der Waals surface area contributed by atoms with Crippen LogP contribution in [-0.2, 0) is 5.11 Å². The Kier molecular flexibility index (Phi) is 2.03. The highest BCUT2D eigenvalue weighted by atomic mass is 19.1. The van der Waals surface area contributed by atoms with E-state index in [0.29, 0.717) is 0 Å². The van der Waals surface area contributed by atoms with Crippen molar-refractivity contribution in [1.82, 2.24) is 0 Å². The van der Waals surface area contributed by atoms with Gasteiger partial charge in [-0.15, -0.1) is 0 Å². The fourth-order valence-electron chi connectivity index (χ4n) is 0.737. The minimum Gasteiger partial charge on any atom is -0.241 e. The standard InChI is InChI=1S/C7H2F3O2/c8-3-1-4(9)6(7(11)12)5(10)2-3/h1-2H. The van der Waals surface area contributed by atoms with Gasteiger partial charge >= 0.3 is 5.97 Å². The smallest absolute Gasteiger partial charge is 0.241 e. The number of hydrogen-bond donors (Lipinski definition) is 0. The van der Waals surface area contributed by atoms with Crippen LogP contribution in [0.1, 0.15) is 10.4 Å². The van der Waals surface area contributed by atoms with Gasteiger partial charge in [-0.3, -0.25) is 0 Å². The van der Waals surface area contributed by atoms with E-state index in [0.717, 1.165) is 0 Å². The fourth-order valence-corrected chi connectivity index (χ4v) is 0.737. The van der Waals surface area contributed by atoms with Crippen molar-refractivity contribution in [2.75, 3.05) is 0 Å². The number of rotatable bonds is 1. The second-order valence-electron chi connectivity index (χ2n) is 2.03. The van der Waals surface area contributed by atoms with E-state index in [1.54, 1.807) is 0 Å². The summed E-state index contributed by atoms with van der Waals surface area (Å²) in [5.74, 6) is -6.14. The summed E-state index contributed by atoms with van der Waals surface area (Å²) in [7, 11) is 0. The number of benzene rings is 1. The predicted molar refractivity (Wildman–Crippen MR) is 31.3 cm³/mol. The summed E-state index contributed by atoms with van der Waals surface area (Å²) in [5.41, 5.74) is -1.25. The van der Waals surface area contributed by atoms with E-state index >= 15 is 0 Å². The third-order valence-corrected chi connectivity index (χ3v) is 1.21. The van der Waals surface area contributed by atoms with Crippen LogP contribution in [0.2, 0.25) is 0 Å². The highest BCUT2D eigenvalue weighted by Gasteiger charge is 2.19. The van der Waals surface area contributed by atoms with Crippen LogP contribution >= 0.6 is 0 Å². The maximum Gasteiger partial charge on any atom is 0.392 e. The summed E-state index contributed by atoms with van der Waals surface area (Å²) in [6, 6.07) is 0.544. The summed E-state index contributed by atoms with van der Waals surface area (Å²) in [5, 5.41) is 10.0. The van der Waals surface area contributed by atoms with E-state index in [4.69, 9.17) is 0 Å². The average molecular weight is 175 g/mol. The van der Waals surface area contributed by atoms with Gasteiger partial charge in [0.2, 0.25) is 0 Å². The van der Waals surface area contributed by atoms with E-state index in [9.17, 15) is 23.1 Å². The van der Waals surface area contributed by atoms with Gasteiger partial charge in [0.25, 0.3) is 0 Å². The first-order valence-corrected chi connectivity index (χ1v) is 2.88. The average Bonchev–Trinajstić information content (AvgIpc) is 1.82. The van der Waals surface area contributed by atoms with Gasteiger partial charge < -0.3 is 0 Å². The molecule has 0 saturated heterocycles. The molecule has 0 spiro atoms. The molecular formula is C7H2F3O2. The number of hydrogen-bond acceptors (Lipinski definition) is 1. The van der Waals surface area contributed by atoms with Gasteiger partial charge in [0.05, 0.1) is 0 Å². The monoisotopic (exact) mass is 175 g/mol. The van der Waals surface area contributed by atoms with Crippen molar-refractivity contribution in [2.24, 2.45) is 0 Å². The van der Waals surface area contributed by atoms with Gasteiger partial charge in [-0.2, -0.15) is 0 Å². The molecule has 1 radical (unpaired) electrons. The molecule has 0 saturated carbocycles. The Morgan fingerprint density at radius 2 is 1.50 bits per heavy atom. The fraction of sp³-hybridized carbons (Fsp3) is 0. The molecule has 12 heavy (non-hydrogen) atoms. The maximum absolute atomic E-state index is 12.5. The van der Waals surface area contributed by atoms with Crippen molar-refractivity contribution in [1.29, 1.82) is 0 Å². The molecule has 1 rings (SSSR count). The molecule has 0 unspecified atom stereocenters. The second-order valence-corrected chi connectivity index (χ2v) is 2.03. The van der Waals surface area contributed by atoms with Gasteiger partial charge in [-0.1, -0.05) is 0 Å². The van der Waals surface area contributed by atoms with Gasteiger partial charge in [0.1, 0.15) is 23.0 Å². The Morgan fingerprint density at radius 3 is 1.83 bits per heavy atom. The molecule has 63 valence electrons. The zero-order chi connectivity index (χ0) is 9.30. The zero-order valence-corrected chi connectivity index (χ0v) is 5.61. The molecule has 0 aliphatic heterocycles. The van der Waals surface area contributed by atoms with Crippen LogP contribution < -0.4 is 0 Å². The summed E-state index contributed by atoms with van der Waals surface area (Å²) in [4.78, 5) is 10.0. The molecule has 0 heterocycles. The van der Waals surface area contributed by atoms with Crippen LogP contribution in [-0.4, -0.2) is 5.97 Å². The Bertz CT molecular complexity index is 312. The van der Waals surface area contributed by atoms with E-state index in [1.165, 1.54) is 0 Å². The molecule has 5 heteroatoms. The van der Waals surface area contributed by atoms with E-state index < -0.39 is 29.0 Å². The first kappa shape index (κ1) is 8.58. The third-order valence-electron chi connectivity index (χ3n) is 1.21. The van der Waals surface area contributed by atoms with Gasteiger partial charge in [-0.05, 0) is 0 Å². The van der Waals surface area contributed by atoms with Crippen LogP contribution in [0.4, 0.5) is 13.2 Å². The molecule has 0 fully saturated rings. The Labute approximate surface area is 65.2 Å². The normalized spacial score (nSPS) is 9.92. The lowest BCUT2D eigenvalue weighted by Gasteiger charge is -1.96.